The lowest BCUT2D eigenvalue weighted by Gasteiger charge is -2.02. The maximum atomic E-state index is 13.6. The highest BCUT2D eigenvalue weighted by Gasteiger charge is 2.24. The van der Waals surface area contributed by atoms with Crippen molar-refractivity contribution in [2.75, 3.05) is 0 Å². The summed E-state index contributed by atoms with van der Waals surface area (Å²) in [6.07, 6.45) is 1.39. The predicted octanol–water partition coefficient (Wildman–Crippen LogP) is 4.08. The Labute approximate surface area is 140 Å². The van der Waals surface area contributed by atoms with Crippen molar-refractivity contribution in [3.8, 4) is 0 Å². The summed E-state index contributed by atoms with van der Waals surface area (Å²) in [6.45, 7) is 2.00. The minimum atomic E-state index is -0.575. The molecule has 0 unspecified atom stereocenters. The van der Waals surface area contributed by atoms with Crippen LogP contribution in [-0.4, -0.2) is 11.9 Å². The lowest BCUT2D eigenvalue weighted by Crippen LogP contribution is -2.05. The summed E-state index contributed by atoms with van der Waals surface area (Å²) < 4.78 is 19.9. The highest BCUT2D eigenvalue weighted by molar-refractivity contribution is 14.1. The smallest absolute Gasteiger partial charge is 0.363 e. The maximum Gasteiger partial charge on any atom is 0.363 e. The maximum absolute atomic E-state index is 13.6. The van der Waals surface area contributed by atoms with Crippen LogP contribution in [0.4, 0.5) is 4.39 Å². The molecule has 0 aromatic heterocycles. The van der Waals surface area contributed by atoms with Crippen molar-refractivity contribution in [3.05, 3.63) is 74.2 Å². The lowest BCUT2D eigenvalue weighted by molar-refractivity contribution is -0.129. The second-order valence-electron chi connectivity index (χ2n) is 4.82. The summed E-state index contributed by atoms with van der Waals surface area (Å²) in [7, 11) is 0. The highest BCUT2D eigenvalue weighted by Crippen LogP contribution is 2.22. The number of halogens is 2. The van der Waals surface area contributed by atoms with Gasteiger partial charge in [-0.15, -0.1) is 0 Å². The molecule has 0 amide bonds. The van der Waals surface area contributed by atoms with E-state index in [1.165, 1.54) is 12.1 Å². The Hall–Kier alpha value is -2.02. The van der Waals surface area contributed by atoms with Gasteiger partial charge in [0.2, 0.25) is 5.90 Å². The number of hydrogen-bond donors (Lipinski definition) is 0. The van der Waals surface area contributed by atoms with Gasteiger partial charge in [0.15, 0.2) is 5.70 Å². The van der Waals surface area contributed by atoms with E-state index in [0.717, 1.165) is 14.7 Å². The number of aryl methyl sites for hydroxylation is 1. The largest absolute Gasteiger partial charge is 0.402 e. The van der Waals surface area contributed by atoms with E-state index in [2.05, 4.69) is 27.6 Å². The number of carbonyl (C=O) groups excluding carboxylic acids is 1. The molecule has 3 nitrogen and oxygen atoms in total. The van der Waals surface area contributed by atoms with Gasteiger partial charge in [-0.05, 0) is 59.4 Å². The molecule has 5 heteroatoms. The van der Waals surface area contributed by atoms with E-state index in [9.17, 15) is 9.18 Å². The predicted molar refractivity (Wildman–Crippen MR) is 90.9 cm³/mol. The number of benzene rings is 2. The number of ether oxygens (including phenoxy) is 1. The Morgan fingerprint density at radius 1 is 1.23 bits per heavy atom. The SMILES string of the molecule is Cc1ccc(C2=N/C(=C/c3ccccc3F)C(=O)O2)cc1I. The fraction of sp³-hybridized carbons (Fsp3) is 0.0588. The molecule has 0 saturated carbocycles. The Morgan fingerprint density at radius 2 is 2.00 bits per heavy atom. The summed E-state index contributed by atoms with van der Waals surface area (Å²) in [6, 6.07) is 11.9. The van der Waals surface area contributed by atoms with Crippen molar-refractivity contribution in [1.29, 1.82) is 0 Å². The summed E-state index contributed by atoms with van der Waals surface area (Å²) in [5.41, 5.74) is 2.25. The minimum absolute atomic E-state index is 0.0932. The number of esters is 1. The Morgan fingerprint density at radius 3 is 2.73 bits per heavy atom. The quantitative estimate of drug-likeness (QED) is 0.428. The molecule has 22 heavy (non-hydrogen) atoms. The Balaban J connectivity index is 1.98. The molecule has 0 atom stereocenters. The average Bonchev–Trinajstić information content (AvgIpc) is 2.85. The third-order valence-electron chi connectivity index (χ3n) is 3.24. The zero-order valence-electron chi connectivity index (χ0n) is 11.6. The van der Waals surface area contributed by atoms with Crippen LogP contribution in [0.2, 0.25) is 0 Å². The third kappa shape index (κ3) is 2.94. The van der Waals surface area contributed by atoms with Gasteiger partial charge in [-0.25, -0.2) is 14.2 Å². The minimum Gasteiger partial charge on any atom is -0.402 e. The fourth-order valence-corrected chi connectivity index (χ4v) is 2.51. The number of nitrogens with zero attached hydrogens (tertiary/aromatic N) is 1. The van der Waals surface area contributed by atoms with E-state index in [1.807, 2.05) is 25.1 Å². The van der Waals surface area contributed by atoms with Gasteiger partial charge in [0.05, 0.1) is 0 Å². The van der Waals surface area contributed by atoms with Crippen LogP contribution in [0.1, 0.15) is 16.7 Å². The van der Waals surface area contributed by atoms with Gasteiger partial charge >= 0.3 is 5.97 Å². The fourth-order valence-electron chi connectivity index (χ4n) is 2.00. The van der Waals surface area contributed by atoms with Gasteiger partial charge < -0.3 is 4.74 Å². The molecule has 0 spiro atoms. The molecule has 110 valence electrons. The number of carbonyl (C=O) groups is 1. The molecule has 0 aliphatic carbocycles. The van der Waals surface area contributed by atoms with E-state index < -0.39 is 11.8 Å². The van der Waals surface area contributed by atoms with Crippen molar-refractivity contribution < 1.29 is 13.9 Å². The highest BCUT2D eigenvalue weighted by atomic mass is 127. The first-order valence-electron chi connectivity index (χ1n) is 6.58. The van der Waals surface area contributed by atoms with Crippen LogP contribution in [0.15, 0.2) is 53.2 Å². The summed E-state index contributed by atoms with van der Waals surface area (Å²) in [5.74, 6) is -0.740. The van der Waals surface area contributed by atoms with Crippen molar-refractivity contribution >= 4 is 40.5 Å². The van der Waals surface area contributed by atoms with Gasteiger partial charge in [-0.2, -0.15) is 0 Å². The van der Waals surface area contributed by atoms with Gasteiger partial charge in [-0.1, -0.05) is 24.3 Å². The second-order valence-corrected chi connectivity index (χ2v) is 5.98. The van der Waals surface area contributed by atoms with Gasteiger partial charge in [0.1, 0.15) is 5.82 Å². The Kier molecular flexibility index (Phi) is 4.06. The zero-order chi connectivity index (χ0) is 15.7. The van der Waals surface area contributed by atoms with Crippen LogP contribution in [-0.2, 0) is 9.53 Å². The molecule has 0 radical (unpaired) electrons. The van der Waals surface area contributed by atoms with E-state index in [1.54, 1.807) is 18.2 Å². The first-order valence-corrected chi connectivity index (χ1v) is 7.66. The molecular weight excluding hydrogens is 396 g/mol. The summed E-state index contributed by atoms with van der Waals surface area (Å²) >= 11 is 2.21. The lowest BCUT2D eigenvalue weighted by atomic mass is 10.1. The van der Waals surface area contributed by atoms with Gasteiger partial charge in [0.25, 0.3) is 0 Å². The second kappa shape index (κ2) is 6.00. The molecule has 1 aliphatic heterocycles. The van der Waals surface area contributed by atoms with Crippen molar-refractivity contribution in [3.63, 3.8) is 0 Å². The van der Waals surface area contributed by atoms with Gasteiger partial charge in [-0.3, -0.25) is 0 Å². The van der Waals surface area contributed by atoms with Crippen molar-refractivity contribution in [2.24, 2.45) is 4.99 Å². The van der Waals surface area contributed by atoms with E-state index in [0.29, 0.717) is 5.56 Å². The zero-order valence-corrected chi connectivity index (χ0v) is 13.8. The van der Waals surface area contributed by atoms with Crippen LogP contribution in [0.25, 0.3) is 6.08 Å². The third-order valence-corrected chi connectivity index (χ3v) is 4.40. The molecule has 0 bridgehead atoms. The number of cyclic esters (lactones) is 1. The standard InChI is InChI=1S/C17H11FINO2/c1-10-6-7-12(8-14(10)19)16-20-15(17(21)22-16)9-11-4-2-3-5-13(11)18/h2-9H,1H3/b15-9+. The summed E-state index contributed by atoms with van der Waals surface area (Å²) in [4.78, 5) is 16.1. The molecule has 2 aromatic rings. The molecule has 3 rings (SSSR count). The van der Waals surface area contributed by atoms with E-state index >= 15 is 0 Å². The molecule has 1 heterocycles. The molecular formula is C17H11FINO2. The van der Waals surface area contributed by atoms with Crippen LogP contribution < -0.4 is 0 Å². The Bertz CT molecular complexity index is 827. The van der Waals surface area contributed by atoms with Crippen LogP contribution in [0, 0.1) is 16.3 Å². The molecule has 0 saturated heterocycles. The van der Waals surface area contributed by atoms with Crippen molar-refractivity contribution in [1.82, 2.24) is 0 Å². The summed E-state index contributed by atoms with van der Waals surface area (Å²) in [5, 5.41) is 0. The van der Waals surface area contributed by atoms with Crippen molar-refractivity contribution in [2.45, 2.75) is 6.92 Å². The number of aliphatic imine (C=N–C) groups is 1. The van der Waals surface area contributed by atoms with E-state index in [4.69, 9.17) is 4.74 Å². The molecule has 2 aromatic carbocycles. The van der Waals surface area contributed by atoms with Gasteiger partial charge in [0, 0.05) is 14.7 Å². The first kappa shape index (κ1) is 14.9. The number of hydrogen-bond acceptors (Lipinski definition) is 3. The molecule has 0 fully saturated rings. The molecule has 0 N–H and O–H groups in total. The number of rotatable bonds is 2. The van der Waals surface area contributed by atoms with E-state index in [-0.39, 0.29) is 11.6 Å². The van der Waals surface area contributed by atoms with Crippen LogP contribution in [0.5, 0.6) is 0 Å². The molecule has 1 aliphatic rings. The monoisotopic (exact) mass is 407 g/mol. The van der Waals surface area contributed by atoms with Crippen LogP contribution >= 0.6 is 22.6 Å². The first-order chi connectivity index (χ1) is 10.5. The normalized spacial score (nSPS) is 15.9. The topological polar surface area (TPSA) is 38.7 Å². The van der Waals surface area contributed by atoms with Crippen LogP contribution in [0.3, 0.4) is 0 Å². The average molecular weight is 407 g/mol.